The number of hydrogen-bond donors (Lipinski definition) is 2. The predicted molar refractivity (Wildman–Crippen MR) is 84.5 cm³/mol. The summed E-state index contributed by atoms with van der Waals surface area (Å²) < 4.78 is 14.0. The van der Waals surface area contributed by atoms with Gasteiger partial charge in [-0.3, -0.25) is 16.0 Å². The molecule has 7 heteroatoms. The Bertz CT molecular complexity index is 468. The number of nitrogens with two attached hydrogens (primary N) is 1. The van der Waals surface area contributed by atoms with Crippen molar-refractivity contribution in [3.63, 3.8) is 0 Å². The number of nitrogens with one attached hydrogen (secondary N) is 1. The molecule has 5 atom stereocenters. The Hall–Kier alpha value is -0.470. The standard InChI is InChI=1S/C14H25BrN4O2/c1-8-9(2)21-10(3)12(8)13(18-16)14-11(15)7-17-19(14)5-6-20-4/h7-10,12-13,18H,5-6,16H2,1-4H3. The van der Waals surface area contributed by atoms with E-state index in [2.05, 4.69) is 47.2 Å². The normalized spacial score (nSPS) is 30.8. The van der Waals surface area contributed by atoms with Gasteiger partial charge in [0, 0.05) is 13.0 Å². The maximum absolute atomic E-state index is 5.96. The third-order valence-corrected chi connectivity index (χ3v) is 5.13. The fourth-order valence-corrected chi connectivity index (χ4v) is 3.82. The van der Waals surface area contributed by atoms with Crippen molar-refractivity contribution in [3.8, 4) is 0 Å². The minimum absolute atomic E-state index is 0.0197. The van der Waals surface area contributed by atoms with Crippen LogP contribution >= 0.6 is 15.9 Å². The van der Waals surface area contributed by atoms with Gasteiger partial charge in [-0.25, -0.2) is 0 Å². The number of hydrogen-bond acceptors (Lipinski definition) is 5. The number of methoxy groups -OCH3 is 1. The summed E-state index contributed by atoms with van der Waals surface area (Å²) in [6, 6.07) is -0.0197. The SMILES string of the molecule is COCCn1ncc(Br)c1C(NN)C1C(C)OC(C)C1C. The first-order valence-electron chi connectivity index (χ1n) is 7.33. The first-order chi connectivity index (χ1) is 10.0. The average molecular weight is 361 g/mol. The van der Waals surface area contributed by atoms with Gasteiger partial charge in [0.05, 0.1) is 47.8 Å². The van der Waals surface area contributed by atoms with Crippen LogP contribution < -0.4 is 11.3 Å². The quantitative estimate of drug-likeness (QED) is 0.598. The lowest BCUT2D eigenvalue weighted by Crippen LogP contribution is -2.40. The molecule has 21 heavy (non-hydrogen) atoms. The van der Waals surface area contributed by atoms with E-state index in [0.29, 0.717) is 25.0 Å². The molecule has 2 heterocycles. The summed E-state index contributed by atoms with van der Waals surface area (Å²) in [5.74, 6) is 6.59. The smallest absolute Gasteiger partial charge is 0.0714 e. The zero-order valence-electron chi connectivity index (χ0n) is 13.0. The minimum Gasteiger partial charge on any atom is -0.383 e. The van der Waals surface area contributed by atoms with Crippen LogP contribution in [0.15, 0.2) is 10.7 Å². The molecular formula is C14H25BrN4O2. The molecule has 1 saturated heterocycles. The van der Waals surface area contributed by atoms with Crippen molar-refractivity contribution in [1.29, 1.82) is 0 Å². The third-order valence-electron chi connectivity index (χ3n) is 4.52. The van der Waals surface area contributed by atoms with Crippen LogP contribution in [0.3, 0.4) is 0 Å². The Labute approximate surface area is 134 Å². The molecule has 3 N–H and O–H groups in total. The second-order valence-electron chi connectivity index (χ2n) is 5.72. The molecule has 5 unspecified atom stereocenters. The van der Waals surface area contributed by atoms with E-state index < -0.39 is 0 Å². The van der Waals surface area contributed by atoms with Gasteiger partial charge in [-0.1, -0.05) is 6.92 Å². The molecule has 6 nitrogen and oxygen atoms in total. The zero-order valence-corrected chi connectivity index (χ0v) is 14.6. The maximum Gasteiger partial charge on any atom is 0.0714 e. The van der Waals surface area contributed by atoms with Crippen LogP contribution in [-0.2, 0) is 16.0 Å². The van der Waals surface area contributed by atoms with E-state index in [-0.39, 0.29) is 18.2 Å². The van der Waals surface area contributed by atoms with Gasteiger partial charge in [0.1, 0.15) is 0 Å². The lowest BCUT2D eigenvalue weighted by Gasteiger charge is -2.29. The van der Waals surface area contributed by atoms with E-state index in [4.69, 9.17) is 15.3 Å². The minimum atomic E-state index is -0.0197. The molecule has 2 rings (SSSR count). The second kappa shape index (κ2) is 7.19. The Balaban J connectivity index is 2.31. The summed E-state index contributed by atoms with van der Waals surface area (Å²) in [5.41, 5.74) is 4.03. The first kappa shape index (κ1) is 16.9. The number of rotatable bonds is 6. The highest BCUT2D eigenvalue weighted by atomic mass is 79.9. The van der Waals surface area contributed by atoms with Crippen molar-refractivity contribution >= 4 is 15.9 Å². The average Bonchev–Trinajstić information content (AvgIpc) is 2.93. The van der Waals surface area contributed by atoms with Crippen molar-refractivity contribution < 1.29 is 9.47 Å². The topological polar surface area (TPSA) is 74.3 Å². The highest BCUT2D eigenvalue weighted by molar-refractivity contribution is 9.10. The van der Waals surface area contributed by atoms with Crippen LogP contribution in [0.5, 0.6) is 0 Å². The van der Waals surface area contributed by atoms with Crippen molar-refractivity contribution in [2.45, 2.75) is 45.6 Å². The predicted octanol–water partition coefficient (Wildman–Crippen LogP) is 1.86. The zero-order chi connectivity index (χ0) is 15.6. The summed E-state index contributed by atoms with van der Waals surface area (Å²) in [7, 11) is 1.69. The van der Waals surface area contributed by atoms with E-state index in [1.807, 2.05) is 10.9 Å². The molecule has 0 saturated carbocycles. The molecule has 1 aromatic heterocycles. The third kappa shape index (κ3) is 3.32. The molecule has 1 aliphatic rings. The molecule has 0 aromatic carbocycles. The molecular weight excluding hydrogens is 336 g/mol. The first-order valence-corrected chi connectivity index (χ1v) is 8.12. The van der Waals surface area contributed by atoms with Gasteiger partial charge in [0.15, 0.2) is 0 Å². The molecule has 0 spiro atoms. The van der Waals surface area contributed by atoms with Gasteiger partial charge < -0.3 is 9.47 Å². The number of ether oxygens (including phenoxy) is 2. The number of hydrazine groups is 1. The second-order valence-corrected chi connectivity index (χ2v) is 6.58. The highest BCUT2D eigenvalue weighted by Gasteiger charge is 2.43. The van der Waals surface area contributed by atoms with Gasteiger partial charge in [0.2, 0.25) is 0 Å². The Morgan fingerprint density at radius 3 is 2.71 bits per heavy atom. The Morgan fingerprint density at radius 1 is 1.48 bits per heavy atom. The van der Waals surface area contributed by atoms with Crippen LogP contribution in [0.1, 0.15) is 32.5 Å². The Morgan fingerprint density at radius 2 is 2.19 bits per heavy atom. The fraction of sp³-hybridized carbons (Fsp3) is 0.786. The van der Waals surface area contributed by atoms with E-state index in [1.165, 1.54) is 0 Å². The summed E-state index contributed by atoms with van der Waals surface area (Å²) in [6.45, 7) is 7.75. The van der Waals surface area contributed by atoms with Gasteiger partial charge in [-0.15, -0.1) is 0 Å². The van der Waals surface area contributed by atoms with Crippen molar-refractivity contribution in [3.05, 3.63) is 16.4 Å². The van der Waals surface area contributed by atoms with Crippen LogP contribution in [-0.4, -0.2) is 35.7 Å². The lowest BCUT2D eigenvalue weighted by molar-refractivity contribution is 0.0470. The maximum atomic E-state index is 5.96. The molecule has 0 aliphatic carbocycles. The molecule has 0 amide bonds. The molecule has 120 valence electrons. The molecule has 1 aliphatic heterocycles. The van der Waals surface area contributed by atoms with E-state index >= 15 is 0 Å². The molecule has 0 bridgehead atoms. The van der Waals surface area contributed by atoms with Crippen LogP contribution in [0, 0.1) is 11.8 Å². The van der Waals surface area contributed by atoms with Crippen LogP contribution in [0.2, 0.25) is 0 Å². The largest absolute Gasteiger partial charge is 0.383 e. The summed E-state index contributed by atoms with van der Waals surface area (Å²) in [4.78, 5) is 0. The van der Waals surface area contributed by atoms with Crippen LogP contribution in [0.4, 0.5) is 0 Å². The van der Waals surface area contributed by atoms with Crippen molar-refractivity contribution in [1.82, 2.24) is 15.2 Å². The Kier molecular flexibility index (Phi) is 5.79. The molecule has 1 fully saturated rings. The number of aromatic nitrogens is 2. The lowest BCUT2D eigenvalue weighted by atomic mass is 9.82. The summed E-state index contributed by atoms with van der Waals surface area (Å²) in [5, 5.41) is 4.42. The molecule has 1 aromatic rings. The van der Waals surface area contributed by atoms with Gasteiger partial charge in [0.25, 0.3) is 0 Å². The fourth-order valence-electron chi connectivity index (χ4n) is 3.28. The van der Waals surface area contributed by atoms with Crippen LogP contribution in [0.25, 0.3) is 0 Å². The van der Waals surface area contributed by atoms with E-state index in [0.717, 1.165) is 10.2 Å². The summed E-state index contributed by atoms with van der Waals surface area (Å²) >= 11 is 3.59. The van der Waals surface area contributed by atoms with E-state index in [1.54, 1.807) is 7.11 Å². The van der Waals surface area contributed by atoms with Gasteiger partial charge in [-0.2, -0.15) is 5.10 Å². The van der Waals surface area contributed by atoms with Gasteiger partial charge >= 0.3 is 0 Å². The molecule has 0 radical (unpaired) electrons. The number of halogens is 1. The van der Waals surface area contributed by atoms with Crippen molar-refractivity contribution in [2.24, 2.45) is 17.7 Å². The number of nitrogens with zero attached hydrogens (tertiary/aromatic N) is 2. The summed E-state index contributed by atoms with van der Waals surface area (Å²) in [6.07, 6.45) is 2.19. The van der Waals surface area contributed by atoms with E-state index in [9.17, 15) is 0 Å². The highest BCUT2D eigenvalue weighted by Crippen LogP contribution is 2.41. The van der Waals surface area contributed by atoms with Crippen molar-refractivity contribution in [2.75, 3.05) is 13.7 Å². The van der Waals surface area contributed by atoms with Gasteiger partial charge in [-0.05, 0) is 35.7 Å². The monoisotopic (exact) mass is 360 g/mol.